The Morgan fingerprint density at radius 1 is 1.45 bits per heavy atom. The van der Waals surface area contributed by atoms with Gasteiger partial charge in [-0.3, -0.25) is 9.59 Å². The van der Waals surface area contributed by atoms with E-state index in [-0.39, 0.29) is 35.5 Å². The third kappa shape index (κ3) is 2.53. The molecule has 20 heavy (non-hydrogen) atoms. The molecule has 0 aromatic heterocycles. The van der Waals surface area contributed by atoms with Crippen molar-refractivity contribution in [3.63, 3.8) is 0 Å². The second kappa shape index (κ2) is 4.89. The Labute approximate surface area is 117 Å². The summed E-state index contributed by atoms with van der Waals surface area (Å²) < 4.78 is 13.1. The zero-order valence-corrected chi connectivity index (χ0v) is 11.3. The molecule has 1 aromatic carbocycles. The van der Waals surface area contributed by atoms with Gasteiger partial charge in [-0.1, -0.05) is 12.1 Å². The van der Waals surface area contributed by atoms with Crippen LogP contribution in [0.4, 0.5) is 4.39 Å². The first kappa shape index (κ1) is 13.1. The molecule has 1 saturated carbocycles. The maximum atomic E-state index is 13.1. The first-order valence-corrected chi connectivity index (χ1v) is 6.84. The molecule has 1 aliphatic heterocycles. The maximum absolute atomic E-state index is 13.1. The number of rotatable bonds is 3. The number of halogens is 1. The van der Waals surface area contributed by atoms with E-state index >= 15 is 0 Å². The summed E-state index contributed by atoms with van der Waals surface area (Å²) >= 11 is 0. The van der Waals surface area contributed by atoms with E-state index < -0.39 is 0 Å². The Balaban J connectivity index is 1.56. The highest BCUT2D eigenvalue weighted by Crippen LogP contribution is 2.41. The number of amides is 2. The van der Waals surface area contributed by atoms with Crippen molar-refractivity contribution in [1.29, 1.82) is 0 Å². The van der Waals surface area contributed by atoms with E-state index in [1.54, 1.807) is 18.0 Å². The number of benzene rings is 1. The largest absolute Gasteiger partial charge is 0.352 e. The molecule has 0 radical (unpaired) electrons. The quantitative estimate of drug-likeness (QED) is 0.904. The first-order chi connectivity index (χ1) is 9.54. The highest BCUT2D eigenvalue weighted by atomic mass is 19.1. The summed E-state index contributed by atoms with van der Waals surface area (Å²) in [7, 11) is 1.71. The summed E-state index contributed by atoms with van der Waals surface area (Å²) in [5.74, 6) is -0.345. The molecule has 0 spiro atoms. The third-order valence-corrected chi connectivity index (χ3v) is 4.11. The number of hydrogen-bond donors (Lipinski definition) is 1. The van der Waals surface area contributed by atoms with Crippen LogP contribution in [-0.2, 0) is 9.59 Å². The van der Waals surface area contributed by atoms with Gasteiger partial charge in [0.1, 0.15) is 5.82 Å². The predicted octanol–water partition coefficient (Wildman–Crippen LogP) is 1.28. The molecule has 1 N–H and O–H groups in total. The van der Waals surface area contributed by atoms with Gasteiger partial charge >= 0.3 is 0 Å². The number of carbonyl (C=O) groups is 2. The van der Waals surface area contributed by atoms with Crippen LogP contribution >= 0.6 is 0 Å². The molecule has 3 unspecified atom stereocenters. The highest BCUT2D eigenvalue weighted by Gasteiger charge is 2.42. The van der Waals surface area contributed by atoms with Crippen molar-refractivity contribution < 1.29 is 14.0 Å². The lowest BCUT2D eigenvalue weighted by Crippen LogP contribution is -2.34. The van der Waals surface area contributed by atoms with Crippen LogP contribution in [0.15, 0.2) is 24.3 Å². The number of carbonyl (C=O) groups excluding carboxylic acids is 2. The molecular formula is C15H17FN2O2. The Hall–Kier alpha value is -1.91. The summed E-state index contributed by atoms with van der Waals surface area (Å²) in [5, 5.41) is 2.96. The van der Waals surface area contributed by atoms with Gasteiger partial charge < -0.3 is 10.2 Å². The van der Waals surface area contributed by atoms with Crippen molar-refractivity contribution in [2.75, 3.05) is 13.6 Å². The summed E-state index contributed by atoms with van der Waals surface area (Å²) in [5.41, 5.74) is 0.926. The molecule has 2 aliphatic rings. The third-order valence-electron chi connectivity index (χ3n) is 4.11. The van der Waals surface area contributed by atoms with Gasteiger partial charge in [-0.2, -0.15) is 0 Å². The van der Waals surface area contributed by atoms with Crippen molar-refractivity contribution in [2.45, 2.75) is 24.8 Å². The Kier molecular flexibility index (Phi) is 3.20. The van der Waals surface area contributed by atoms with Crippen LogP contribution in [0.3, 0.4) is 0 Å². The van der Waals surface area contributed by atoms with Crippen LogP contribution in [0.1, 0.15) is 24.3 Å². The van der Waals surface area contributed by atoms with Crippen molar-refractivity contribution in [3.8, 4) is 0 Å². The topological polar surface area (TPSA) is 49.4 Å². The van der Waals surface area contributed by atoms with E-state index in [2.05, 4.69) is 5.32 Å². The molecule has 2 fully saturated rings. The zero-order valence-electron chi connectivity index (χ0n) is 11.3. The van der Waals surface area contributed by atoms with Crippen molar-refractivity contribution in [3.05, 3.63) is 35.6 Å². The van der Waals surface area contributed by atoms with Gasteiger partial charge in [-0.05, 0) is 24.1 Å². The molecule has 1 heterocycles. The highest BCUT2D eigenvalue weighted by molar-refractivity contribution is 5.89. The van der Waals surface area contributed by atoms with Crippen LogP contribution < -0.4 is 5.32 Å². The molecule has 0 bridgehead atoms. The second-order valence-electron chi connectivity index (χ2n) is 5.69. The van der Waals surface area contributed by atoms with Gasteiger partial charge in [0.05, 0.1) is 5.92 Å². The Morgan fingerprint density at radius 3 is 2.90 bits per heavy atom. The van der Waals surface area contributed by atoms with E-state index in [9.17, 15) is 14.0 Å². The molecule has 3 atom stereocenters. The first-order valence-electron chi connectivity index (χ1n) is 6.84. The molecule has 4 nitrogen and oxygen atoms in total. The second-order valence-corrected chi connectivity index (χ2v) is 5.69. The minimum atomic E-state index is -0.249. The fourth-order valence-electron chi connectivity index (χ4n) is 2.80. The van der Waals surface area contributed by atoms with E-state index in [1.807, 2.05) is 6.07 Å². The molecule has 106 valence electrons. The summed E-state index contributed by atoms with van der Waals surface area (Å²) in [4.78, 5) is 25.1. The average molecular weight is 276 g/mol. The normalized spacial score (nSPS) is 28.6. The van der Waals surface area contributed by atoms with Gasteiger partial charge in [-0.15, -0.1) is 0 Å². The van der Waals surface area contributed by atoms with E-state index in [4.69, 9.17) is 0 Å². The molecular weight excluding hydrogens is 259 g/mol. The standard InChI is InChI=1S/C15H17FN2O2/c1-18-8-10(6-14(18)19)15(20)17-13-7-12(13)9-3-2-4-11(16)5-9/h2-5,10,12-13H,6-8H2,1H3,(H,17,20). The minimum Gasteiger partial charge on any atom is -0.352 e. The fraction of sp³-hybridized carbons (Fsp3) is 0.467. The molecule has 1 aromatic rings. The lowest BCUT2D eigenvalue weighted by molar-refractivity contribution is -0.128. The number of likely N-dealkylation sites (tertiary alicyclic amines) is 1. The Bertz CT molecular complexity index is 561. The van der Waals surface area contributed by atoms with Gasteiger partial charge in [-0.25, -0.2) is 4.39 Å². The monoisotopic (exact) mass is 276 g/mol. The number of hydrogen-bond acceptors (Lipinski definition) is 2. The number of nitrogens with one attached hydrogen (secondary N) is 1. The van der Waals surface area contributed by atoms with Gasteiger partial charge in [0, 0.05) is 32.0 Å². The van der Waals surface area contributed by atoms with Gasteiger partial charge in [0.25, 0.3) is 0 Å². The van der Waals surface area contributed by atoms with Gasteiger partial charge in [0.15, 0.2) is 0 Å². The van der Waals surface area contributed by atoms with Crippen LogP contribution in [0.5, 0.6) is 0 Å². The molecule has 3 rings (SSSR count). The molecule has 1 aliphatic carbocycles. The predicted molar refractivity (Wildman–Crippen MR) is 71.4 cm³/mol. The van der Waals surface area contributed by atoms with Crippen LogP contribution in [0.2, 0.25) is 0 Å². The summed E-state index contributed by atoms with van der Waals surface area (Å²) in [6.45, 7) is 0.488. The van der Waals surface area contributed by atoms with E-state index in [0.717, 1.165) is 12.0 Å². The van der Waals surface area contributed by atoms with Crippen molar-refractivity contribution in [2.24, 2.45) is 5.92 Å². The molecule has 1 saturated heterocycles. The summed E-state index contributed by atoms with van der Waals surface area (Å²) in [6.07, 6.45) is 1.13. The molecule has 2 amide bonds. The molecule has 5 heteroatoms. The van der Waals surface area contributed by atoms with Crippen LogP contribution in [0, 0.1) is 11.7 Å². The Morgan fingerprint density at radius 2 is 2.25 bits per heavy atom. The fourth-order valence-corrected chi connectivity index (χ4v) is 2.80. The lowest BCUT2D eigenvalue weighted by Gasteiger charge is -2.11. The maximum Gasteiger partial charge on any atom is 0.225 e. The van der Waals surface area contributed by atoms with Gasteiger partial charge in [0.2, 0.25) is 11.8 Å². The average Bonchev–Trinajstić information content (AvgIpc) is 3.08. The smallest absolute Gasteiger partial charge is 0.225 e. The van der Waals surface area contributed by atoms with Crippen molar-refractivity contribution >= 4 is 11.8 Å². The van der Waals surface area contributed by atoms with Crippen LogP contribution in [0.25, 0.3) is 0 Å². The van der Waals surface area contributed by atoms with Crippen LogP contribution in [-0.4, -0.2) is 36.3 Å². The lowest BCUT2D eigenvalue weighted by atomic mass is 10.1. The summed E-state index contributed by atoms with van der Waals surface area (Å²) in [6, 6.07) is 6.58. The number of nitrogens with zero attached hydrogens (tertiary/aromatic N) is 1. The van der Waals surface area contributed by atoms with E-state index in [1.165, 1.54) is 12.1 Å². The SMILES string of the molecule is CN1CC(C(=O)NC2CC2c2cccc(F)c2)CC1=O. The van der Waals surface area contributed by atoms with Crippen molar-refractivity contribution in [1.82, 2.24) is 10.2 Å². The minimum absolute atomic E-state index is 0.0163. The van der Waals surface area contributed by atoms with E-state index in [0.29, 0.717) is 13.0 Å². The zero-order chi connectivity index (χ0) is 14.3.